The zero-order valence-electron chi connectivity index (χ0n) is 24.8. The Hall–Kier alpha value is -3.74. The number of allylic oxidation sites excluding steroid dienone is 3. The predicted molar refractivity (Wildman–Crippen MR) is 160 cm³/mol. The van der Waals surface area contributed by atoms with Crippen molar-refractivity contribution in [3.63, 3.8) is 0 Å². The first-order valence-electron chi connectivity index (χ1n) is 14.3. The Balaban J connectivity index is 0.00000353. The van der Waals surface area contributed by atoms with Crippen molar-refractivity contribution >= 4 is 41.6 Å². The average molecular weight is 610 g/mol. The summed E-state index contributed by atoms with van der Waals surface area (Å²) in [7, 11) is 1.41. The molecule has 2 atom stereocenters. The third-order valence-electron chi connectivity index (χ3n) is 9.08. The van der Waals surface area contributed by atoms with Crippen LogP contribution in [0.15, 0.2) is 18.0 Å². The van der Waals surface area contributed by atoms with Crippen LogP contribution in [0.3, 0.4) is 0 Å². The molecule has 3 aromatic rings. The second-order valence-corrected chi connectivity index (χ2v) is 11.3. The number of carbonyl (C=O) groups excluding carboxylic acids is 2. The van der Waals surface area contributed by atoms with Crippen molar-refractivity contribution < 1.29 is 31.4 Å². The van der Waals surface area contributed by atoms with Gasteiger partial charge in [-0.05, 0) is 51.0 Å². The first kappa shape index (κ1) is 29.7. The molecule has 223 valence electrons. The molecule has 0 N–H and O–H groups in total. The molecule has 3 aromatic heterocycles. The Morgan fingerprint density at radius 1 is 1.02 bits per heavy atom. The summed E-state index contributed by atoms with van der Waals surface area (Å²) in [6.45, 7) is 14.4. The summed E-state index contributed by atoms with van der Waals surface area (Å²) in [6, 6.07) is 0. The summed E-state index contributed by atoms with van der Waals surface area (Å²) < 4.78 is 4.95. The number of fused-ring (bicyclic) bond motifs is 7. The van der Waals surface area contributed by atoms with Crippen molar-refractivity contribution in [1.82, 2.24) is 15.0 Å². The van der Waals surface area contributed by atoms with E-state index in [0.29, 0.717) is 17.7 Å². The zero-order chi connectivity index (χ0) is 29.2. The van der Waals surface area contributed by atoms with E-state index in [1.807, 2.05) is 31.2 Å². The van der Waals surface area contributed by atoms with Gasteiger partial charge in [-0.2, -0.15) is 11.4 Å². The van der Waals surface area contributed by atoms with Crippen LogP contribution in [0, 0.1) is 32.6 Å². The van der Waals surface area contributed by atoms with E-state index in [1.165, 1.54) is 7.11 Å². The van der Waals surface area contributed by atoms with Crippen molar-refractivity contribution in [2.24, 2.45) is 11.8 Å². The fraction of sp³-hybridized carbons (Fsp3) is 0.353. The molecule has 42 heavy (non-hydrogen) atoms. The van der Waals surface area contributed by atoms with Crippen LogP contribution in [0.4, 0.5) is 0 Å². The number of esters is 1. The molecule has 1 saturated heterocycles. The molecule has 2 aliphatic heterocycles. The predicted octanol–water partition coefficient (Wildman–Crippen LogP) is 4.59. The van der Waals surface area contributed by atoms with E-state index in [0.717, 1.165) is 79.0 Å². The minimum absolute atomic E-state index is 0. The Kier molecular flexibility index (Phi) is 7.90. The average Bonchev–Trinajstić information content (AvgIpc) is 3.70. The summed E-state index contributed by atoms with van der Waals surface area (Å²) in [5.41, 5.74) is 11.5. The number of ketones is 1. The van der Waals surface area contributed by atoms with Gasteiger partial charge in [-0.3, -0.25) is 9.59 Å². The maximum absolute atomic E-state index is 13.4. The summed E-state index contributed by atoms with van der Waals surface area (Å²) in [6.07, 6.45) is 9.87. The SMILES string of the molecule is C=Cc1c2[n-]c(c1C)/C=C1\[N-]/C(=C3/CC(=O)c4c3[n-]c(c4C)/C=c3\[n-]/c(c(C)c3CC)=C\2)C(CCC(=O)OC)C1C.[Cu]. The van der Waals surface area contributed by atoms with Crippen LogP contribution in [0.2, 0.25) is 0 Å². The summed E-state index contributed by atoms with van der Waals surface area (Å²) in [4.78, 5) is 40.6. The Labute approximate surface area is 256 Å². The van der Waals surface area contributed by atoms with Crippen molar-refractivity contribution in [3.8, 4) is 0 Å². The van der Waals surface area contributed by atoms with Gasteiger partial charge in [0.05, 0.1) is 7.11 Å². The maximum Gasteiger partial charge on any atom is 0.305 e. The molecule has 7 nitrogen and oxygen atoms in total. The Bertz CT molecular complexity index is 1830. The summed E-state index contributed by atoms with van der Waals surface area (Å²) in [5, 5.41) is 6.89. The van der Waals surface area contributed by atoms with Crippen molar-refractivity contribution in [1.29, 1.82) is 0 Å². The number of Topliss-reactive ketones (excluding diaryl/α,β-unsaturated/α-hetero) is 1. The number of hydrogen-bond acceptors (Lipinski definition) is 3. The number of ether oxygens (including phenoxy) is 1. The summed E-state index contributed by atoms with van der Waals surface area (Å²) >= 11 is 0. The number of carbonyl (C=O) groups is 2. The van der Waals surface area contributed by atoms with Gasteiger partial charge in [0.1, 0.15) is 0 Å². The molecule has 0 amide bonds. The van der Waals surface area contributed by atoms with E-state index >= 15 is 0 Å². The van der Waals surface area contributed by atoms with Gasteiger partial charge in [0.2, 0.25) is 0 Å². The molecule has 2 unspecified atom stereocenters. The molecule has 8 heteroatoms. The first-order valence-corrected chi connectivity index (χ1v) is 14.3. The number of methoxy groups -OCH3 is 1. The molecule has 1 fully saturated rings. The number of nitrogens with zero attached hydrogens (tertiary/aromatic N) is 4. The smallest absolute Gasteiger partial charge is 0.305 e. The van der Waals surface area contributed by atoms with Gasteiger partial charge >= 0.3 is 5.97 Å². The molecule has 1 radical (unpaired) electrons. The van der Waals surface area contributed by atoms with Crippen LogP contribution < -0.4 is 25.7 Å². The van der Waals surface area contributed by atoms with E-state index in [4.69, 9.17) is 25.0 Å². The van der Waals surface area contributed by atoms with E-state index < -0.39 is 0 Å². The molecule has 8 bridgehead atoms. The Morgan fingerprint density at radius 2 is 1.74 bits per heavy atom. The molecule has 5 heterocycles. The van der Waals surface area contributed by atoms with Crippen molar-refractivity contribution in [2.45, 2.75) is 60.3 Å². The quantitative estimate of drug-likeness (QED) is 0.310. The number of hydrogen-bond donors (Lipinski definition) is 0. The largest absolute Gasteiger partial charge is 0.664 e. The third kappa shape index (κ3) is 4.58. The minimum Gasteiger partial charge on any atom is -0.664 e. The van der Waals surface area contributed by atoms with Gasteiger partial charge < -0.3 is 25.0 Å². The van der Waals surface area contributed by atoms with Crippen LogP contribution in [0.25, 0.3) is 35.2 Å². The van der Waals surface area contributed by atoms with Crippen LogP contribution in [0.1, 0.15) is 94.1 Å². The standard InChI is InChI=1S/C34H35N4O3.Cu/c1-8-20-16(3)24-13-26-18(5)22(10-11-31(40)41-7)33(37-26)23-12-30(39)32-19(6)27(38-34(23)32)15-29-21(9-2)17(4)25(36-29)14-28(20)35-24;/h8,13-15,18,22H,1,9-12H2,2-7H3,(H-,37,38,39);/q-3;/p-1/b25-14-,26-13-,29-15-;. The van der Waals surface area contributed by atoms with Gasteiger partial charge in [-0.25, -0.2) is 0 Å². The number of rotatable bonds is 5. The van der Waals surface area contributed by atoms with Crippen LogP contribution in [-0.4, -0.2) is 18.9 Å². The second kappa shape index (κ2) is 11.2. The van der Waals surface area contributed by atoms with E-state index in [2.05, 4.69) is 34.3 Å². The molecule has 1 aliphatic carbocycles. The molecular weight excluding hydrogens is 576 g/mol. The van der Waals surface area contributed by atoms with Crippen LogP contribution >= 0.6 is 0 Å². The van der Waals surface area contributed by atoms with E-state index in [9.17, 15) is 9.59 Å². The first-order chi connectivity index (χ1) is 19.7. The molecule has 0 spiro atoms. The summed E-state index contributed by atoms with van der Waals surface area (Å²) in [5.74, 6) is -0.233. The van der Waals surface area contributed by atoms with Gasteiger partial charge in [-0.15, -0.1) is 33.5 Å². The van der Waals surface area contributed by atoms with Crippen molar-refractivity contribution in [2.75, 3.05) is 7.11 Å². The molecule has 6 rings (SSSR count). The van der Waals surface area contributed by atoms with Gasteiger partial charge in [-0.1, -0.05) is 72.6 Å². The topological polar surface area (TPSA) is 99.8 Å². The van der Waals surface area contributed by atoms with Crippen LogP contribution in [0.5, 0.6) is 0 Å². The molecular formula is C34H34CuN4O3-4. The van der Waals surface area contributed by atoms with Gasteiger partial charge in [0.15, 0.2) is 5.78 Å². The van der Waals surface area contributed by atoms with E-state index in [1.54, 1.807) is 0 Å². The van der Waals surface area contributed by atoms with Gasteiger partial charge in [0.25, 0.3) is 0 Å². The normalized spacial score (nSPS) is 23.2. The molecule has 0 aromatic carbocycles. The second-order valence-electron chi connectivity index (χ2n) is 11.3. The minimum atomic E-state index is -0.257. The monoisotopic (exact) mass is 609 g/mol. The fourth-order valence-electron chi connectivity index (χ4n) is 6.64. The van der Waals surface area contributed by atoms with Gasteiger partial charge in [0, 0.05) is 35.5 Å². The van der Waals surface area contributed by atoms with Crippen molar-refractivity contribution in [3.05, 3.63) is 90.1 Å². The Morgan fingerprint density at radius 3 is 2.43 bits per heavy atom. The van der Waals surface area contributed by atoms with Crippen LogP contribution in [-0.2, 0) is 33.0 Å². The maximum atomic E-state index is 13.4. The number of aromatic nitrogens is 3. The zero-order valence-corrected chi connectivity index (χ0v) is 25.8. The van der Waals surface area contributed by atoms with E-state index in [-0.39, 0.29) is 53.5 Å². The fourth-order valence-corrected chi connectivity index (χ4v) is 6.64. The molecule has 3 aliphatic rings. The third-order valence-corrected chi connectivity index (χ3v) is 9.08. The molecule has 0 saturated carbocycles.